The van der Waals surface area contributed by atoms with E-state index in [1.165, 1.54) is 17.8 Å². The van der Waals surface area contributed by atoms with Gasteiger partial charge >= 0.3 is 0 Å². The van der Waals surface area contributed by atoms with Crippen LogP contribution in [0, 0.1) is 17.0 Å². The molecular formula is C20H24N4O3. The number of hydrogen-bond acceptors (Lipinski definition) is 5. The Labute approximate surface area is 158 Å². The molecule has 142 valence electrons. The monoisotopic (exact) mass is 368 g/mol. The minimum Gasteiger partial charge on any atom is -0.369 e. The minimum atomic E-state index is -0.445. The number of likely N-dealkylation sites (N-methyl/N-ethyl adjacent to an activating group) is 1. The van der Waals surface area contributed by atoms with Crippen LogP contribution in [0.1, 0.15) is 21.5 Å². The van der Waals surface area contributed by atoms with Crippen molar-refractivity contribution in [2.24, 2.45) is 0 Å². The van der Waals surface area contributed by atoms with Gasteiger partial charge < -0.3 is 15.1 Å². The topological polar surface area (TPSA) is 78.7 Å². The van der Waals surface area contributed by atoms with Gasteiger partial charge in [-0.1, -0.05) is 12.1 Å². The second-order valence-electron chi connectivity index (χ2n) is 6.90. The van der Waals surface area contributed by atoms with E-state index in [9.17, 15) is 14.9 Å². The predicted octanol–water partition coefficient (Wildman–Crippen LogP) is 2.59. The third-order valence-corrected chi connectivity index (χ3v) is 4.91. The lowest BCUT2D eigenvalue weighted by atomic mass is 10.1. The number of piperazine rings is 1. The number of benzene rings is 2. The summed E-state index contributed by atoms with van der Waals surface area (Å²) in [6, 6.07) is 12.6. The smallest absolute Gasteiger partial charge is 0.272 e. The zero-order valence-corrected chi connectivity index (χ0v) is 15.6. The van der Waals surface area contributed by atoms with E-state index in [0.29, 0.717) is 17.7 Å². The first kappa shape index (κ1) is 18.8. The summed E-state index contributed by atoms with van der Waals surface area (Å²) in [6.45, 7) is 6.21. The van der Waals surface area contributed by atoms with Crippen molar-refractivity contribution in [3.63, 3.8) is 0 Å². The van der Waals surface area contributed by atoms with E-state index in [0.717, 1.165) is 31.7 Å². The van der Waals surface area contributed by atoms with Crippen LogP contribution in [0.3, 0.4) is 0 Å². The van der Waals surface area contributed by atoms with Gasteiger partial charge in [-0.25, -0.2) is 0 Å². The van der Waals surface area contributed by atoms with Crippen LogP contribution < -0.4 is 10.2 Å². The van der Waals surface area contributed by atoms with E-state index in [1.54, 1.807) is 13.0 Å². The molecule has 0 bridgehead atoms. The molecule has 1 saturated heterocycles. The molecule has 7 heteroatoms. The number of nitrogens with one attached hydrogen (secondary N) is 1. The molecule has 0 aliphatic carbocycles. The first-order valence-electron chi connectivity index (χ1n) is 9.00. The molecule has 0 aromatic heterocycles. The van der Waals surface area contributed by atoms with Crippen molar-refractivity contribution in [2.45, 2.75) is 13.5 Å². The average Bonchev–Trinajstić information content (AvgIpc) is 2.67. The molecule has 2 aromatic rings. The number of rotatable bonds is 5. The Hall–Kier alpha value is -2.93. The predicted molar refractivity (Wildman–Crippen MR) is 105 cm³/mol. The number of anilines is 1. The Morgan fingerprint density at radius 3 is 2.37 bits per heavy atom. The fourth-order valence-electron chi connectivity index (χ4n) is 3.18. The molecule has 0 unspecified atom stereocenters. The van der Waals surface area contributed by atoms with Crippen molar-refractivity contribution in [1.82, 2.24) is 10.2 Å². The van der Waals surface area contributed by atoms with E-state index >= 15 is 0 Å². The second-order valence-corrected chi connectivity index (χ2v) is 6.90. The Bertz CT molecular complexity index is 828. The molecule has 0 spiro atoms. The maximum Gasteiger partial charge on any atom is 0.272 e. The van der Waals surface area contributed by atoms with Crippen molar-refractivity contribution >= 4 is 17.3 Å². The van der Waals surface area contributed by atoms with Gasteiger partial charge in [0.15, 0.2) is 0 Å². The highest BCUT2D eigenvalue weighted by molar-refractivity contribution is 5.94. The van der Waals surface area contributed by atoms with Crippen LogP contribution in [-0.2, 0) is 6.54 Å². The third kappa shape index (κ3) is 4.62. The normalized spacial score (nSPS) is 14.8. The molecule has 0 radical (unpaired) electrons. The standard InChI is InChI=1S/C20H24N4O3/c1-15-13-17(5-8-19(15)24(26)27)20(25)21-14-16-3-6-18(7-4-16)23-11-9-22(2)10-12-23/h3-8,13H,9-12,14H2,1-2H3,(H,21,25). The van der Waals surface area contributed by atoms with Crippen molar-refractivity contribution in [3.05, 3.63) is 69.3 Å². The molecule has 1 aliphatic rings. The Balaban J connectivity index is 1.57. The maximum atomic E-state index is 12.3. The Kier molecular flexibility index (Phi) is 5.71. The molecule has 1 amide bonds. The third-order valence-electron chi connectivity index (χ3n) is 4.91. The van der Waals surface area contributed by atoms with E-state index in [-0.39, 0.29) is 11.6 Å². The molecule has 3 rings (SSSR count). The largest absolute Gasteiger partial charge is 0.369 e. The number of carbonyl (C=O) groups excluding carboxylic acids is 1. The number of nitro groups is 1. The highest BCUT2D eigenvalue weighted by atomic mass is 16.6. The highest BCUT2D eigenvalue weighted by Gasteiger charge is 2.15. The van der Waals surface area contributed by atoms with Crippen molar-refractivity contribution in [1.29, 1.82) is 0 Å². The fourth-order valence-corrected chi connectivity index (χ4v) is 3.18. The molecule has 27 heavy (non-hydrogen) atoms. The first-order valence-corrected chi connectivity index (χ1v) is 9.00. The van der Waals surface area contributed by atoms with Gasteiger partial charge in [-0.05, 0) is 43.8 Å². The van der Waals surface area contributed by atoms with Gasteiger partial charge in [0.2, 0.25) is 0 Å². The molecule has 2 aromatic carbocycles. The number of nitrogens with zero attached hydrogens (tertiary/aromatic N) is 3. The van der Waals surface area contributed by atoms with Crippen LogP contribution in [0.15, 0.2) is 42.5 Å². The van der Waals surface area contributed by atoms with Crippen LogP contribution in [0.4, 0.5) is 11.4 Å². The SMILES string of the molecule is Cc1cc(C(=O)NCc2ccc(N3CCN(C)CC3)cc2)ccc1[N+](=O)[O-]. The Morgan fingerprint density at radius 1 is 1.11 bits per heavy atom. The van der Waals surface area contributed by atoms with Crippen LogP contribution in [0.25, 0.3) is 0 Å². The molecule has 1 fully saturated rings. The fraction of sp³-hybridized carbons (Fsp3) is 0.350. The van der Waals surface area contributed by atoms with Gasteiger partial charge in [-0.2, -0.15) is 0 Å². The summed E-state index contributed by atoms with van der Waals surface area (Å²) >= 11 is 0. The number of nitro benzene ring substituents is 1. The van der Waals surface area contributed by atoms with Crippen LogP contribution in [0.2, 0.25) is 0 Å². The lowest BCUT2D eigenvalue weighted by Gasteiger charge is -2.34. The number of aryl methyl sites for hydroxylation is 1. The van der Waals surface area contributed by atoms with E-state index < -0.39 is 4.92 Å². The minimum absolute atomic E-state index is 0.0195. The zero-order valence-electron chi connectivity index (χ0n) is 15.6. The van der Waals surface area contributed by atoms with Gasteiger partial charge in [0, 0.05) is 55.6 Å². The summed E-state index contributed by atoms with van der Waals surface area (Å²) in [5.41, 5.74) is 3.13. The number of amides is 1. The quantitative estimate of drug-likeness (QED) is 0.648. The van der Waals surface area contributed by atoms with Crippen molar-refractivity contribution in [3.8, 4) is 0 Å². The lowest BCUT2D eigenvalue weighted by molar-refractivity contribution is -0.385. The molecule has 1 heterocycles. The summed E-state index contributed by atoms with van der Waals surface area (Å²) in [7, 11) is 2.13. The van der Waals surface area contributed by atoms with Crippen LogP contribution >= 0.6 is 0 Å². The lowest BCUT2D eigenvalue weighted by Crippen LogP contribution is -2.44. The van der Waals surface area contributed by atoms with Gasteiger partial charge in [-0.3, -0.25) is 14.9 Å². The van der Waals surface area contributed by atoms with Gasteiger partial charge in [0.25, 0.3) is 11.6 Å². The second kappa shape index (κ2) is 8.18. The number of hydrogen-bond donors (Lipinski definition) is 1. The van der Waals surface area contributed by atoms with Crippen molar-refractivity contribution in [2.75, 3.05) is 38.1 Å². The summed E-state index contributed by atoms with van der Waals surface area (Å²) in [4.78, 5) is 27.4. The Morgan fingerprint density at radius 2 is 1.78 bits per heavy atom. The molecule has 1 aliphatic heterocycles. The zero-order chi connectivity index (χ0) is 19.4. The molecule has 1 N–H and O–H groups in total. The summed E-state index contributed by atoms with van der Waals surface area (Å²) < 4.78 is 0. The van der Waals surface area contributed by atoms with E-state index in [4.69, 9.17) is 0 Å². The van der Waals surface area contributed by atoms with Gasteiger partial charge in [0.1, 0.15) is 0 Å². The van der Waals surface area contributed by atoms with Crippen LogP contribution in [0.5, 0.6) is 0 Å². The molecule has 0 saturated carbocycles. The molecule has 0 atom stereocenters. The molecule has 7 nitrogen and oxygen atoms in total. The number of carbonyl (C=O) groups is 1. The summed E-state index contributed by atoms with van der Waals surface area (Å²) in [5.74, 6) is -0.240. The van der Waals surface area contributed by atoms with Gasteiger partial charge in [0.05, 0.1) is 4.92 Å². The maximum absolute atomic E-state index is 12.3. The van der Waals surface area contributed by atoms with Gasteiger partial charge in [-0.15, -0.1) is 0 Å². The highest BCUT2D eigenvalue weighted by Crippen LogP contribution is 2.19. The van der Waals surface area contributed by atoms with Crippen molar-refractivity contribution < 1.29 is 9.72 Å². The average molecular weight is 368 g/mol. The summed E-state index contributed by atoms with van der Waals surface area (Å²) in [6.07, 6.45) is 0. The summed E-state index contributed by atoms with van der Waals surface area (Å²) in [5, 5.41) is 13.7. The molecular weight excluding hydrogens is 344 g/mol. The van der Waals surface area contributed by atoms with E-state index in [2.05, 4.69) is 34.3 Å². The van der Waals surface area contributed by atoms with E-state index in [1.807, 2.05) is 12.1 Å². The first-order chi connectivity index (χ1) is 12.9. The van der Waals surface area contributed by atoms with Crippen LogP contribution in [-0.4, -0.2) is 49.0 Å².